The third-order valence-electron chi connectivity index (χ3n) is 6.26. The fourth-order valence-electron chi connectivity index (χ4n) is 4.20. The molecular formula is C29H30F3NO2. The number of hydrogen-bond donors (Lipinski definition) is 1. The van der Waals surface area contributed by atoms with Gasteiger partial charge in [-0.15, -0.1) is 0 Å². The van der Waals surface area contributed by atoms with Gasteiger partial charge in [0.1, 0.15) is 5.75 Å². The SMILES string of the molecule is CC(C)c1cc(OCCCc2ccccc2)ccc1C(=O)Nc1cc(C2CC2)ccc1C(F)(F)F. The highest BCUT2D eigenvalue weighted by molar-refractivity contribution is 6.06. The lowest BCUT2D eigenvalue weighted by molar-refractivity contribution is -0.136. The molecule has 0 bridgehead atoms. The molecule has 0 heterocycles. The third-order valence-corrected chi connectivity index (χ3v) is 6.26. The zero-order valence-electron chi connectivity index (χ0n) is 20.0. The summed E-state index contributed by atoms with van der Waals surface area (Å²) in [6.07, 6.45) is -0.879. The minimum Gasteiger partial charge on any atom is -0.494 e. The quantitative estimate of drug-likeness (QED) is 0.315. The maximum atomic E-state index is 13.6. The summed E-state index contributed by atoms with van der Waals surface area (Å²) in [7, 11) is 0. The number of alkyl halides is 3. The second-order valence-electron chi connectivity index (χ2n) is 9.37. The fourth-order valence-corrected chi connectivity index (χ4v) is 4.20. The van der Waals surface area contributed by atoms with Gasteiger partial charge in [-0.3, -0.25) is 4.79 Å². The van der Waals surface area contributed by atoms with Crippen molar-refractivity contribution in [1.82, 2.24) is 0 Å². The average Bonchev–Trinajstić information content (AvgIpc) is 3.67. The Hall–Kier alpha value is -3.28. The lowest BCUT2D eigenvalue weighted by Crippen LogP contribution is -2.18. The van der Waals surface area contributed by atoms with Crippen LogP contribution in [0.5, 0.6) is 5.75 Å². The zero-order valence-corrected chi connectivity index (χ0v) is 20.0. The summed E-state index contributed by atoms with van der Waals surface area (Å²) in [4.78, 5) is 13.1. The van der Waals surface area contributed by atoms with Gasteiger partial charge in [-0.2, -0.15) is 13.2 Å². The van der Waals surface area contributed by atoms with E-state index in [1.54, 1.807) is 12.1 Å². The third kappa shape index (κ3) is 6.44. The van der Waals surface area contributed by atoms with Crippen LogP contribution in [0, 0.1) is 0 Å². The van der Waals surface area contributed by atoms with Crippen LogP contribution in [0.15, 0.2) is 66.7 Å². The van der Waals surface area contributed by atoms with Crippen LogP contribution >= 0.6 is 0 Å². The molecule has 4 rings (SSSR count). The summed E-state index contributed by atoms with van der Waals surface area (Å²) >= 11 is 0. The normalized spacial score (nSPS) is 13.7. The Balaban J connectivity index is 1.48. The highest BCUT2D eigenvalue weighted by Gasteiger charge is 2.35. The zero-order chi connectivity index (χ0) is 25.0. The van der Waals surface area contributed by atoms with Crippen LogP contribution in [0.4, 0.5) is 18.9 Å². The number of hydrogen-bond acceptors (Lipinski definition) is 2. The summed E-state index contributed by atoms with van der Waals surface area (Å²) in [5.74, 6) is 0.355. The molecule has 0 aromatic heterocycles. The molecule has 0 atom stereocenters. The van der Waals surface area contributed by atoms with Crippen LogP contribution in [0.1, 0.15) is 77.6 Å². The van der Waals surface area contributed by atoms with Crippen molar-refractivity contribution in [2.75, 3.05) is 11.9 Å². The Morgan fingerprint density at radius 3 is 2.43 bits per heavy atom. The largest absolute Gasteiger partial charge is 0.494 e. The first kappa shape index (κ1) is 24.8. The molecule has 184 valence electrons. The lowest BCUT2D eigenvalue weighted by atomic mass is 9.96. The number of nitrogens with one attached hydrogen (secondary N) is 1. The van der Waals surface area contributed by atoms with E-state index in [1.165, 1.54) is 17.7 Å². The number of rotatable bonds is 9. The van der Waals surface area contributed by atoms with E-state index < -0.39 is 17.6 Å². The van der Waals surface area contributed by atoms with Gasteiger partial charge in [0.15, 0.2) is 0 Å². The first-order chi connectivity index (χ1) is 16.7. The van der Waals surface area contributed by atoms with Gasteiger partial charge in [0.05, 0.1) is 17.9 Å². The van der Waals surface area contributed by atoms with Crippen molar-refractivity contribution >= 4 is 11.6 Å². The Kier molecular flexibility index (Phi) is 7.48. The van der Waals surface area contributed by atoms with Gasteiger partial charge < -0.3 is 10.1 Å². The standard InChI is InChI=1S/C29H30F3NO2/c1-19(2)25-18-23(35-16-6-9-20-7-4-3-5-8-20)13-14-24(25)28(34)33-27-17-22(21-10-11-21)12-15-26(27)29(30,31)32/h3-5,7-8,12-15,17-19,21H,6,9-11,16H2,1-2H3,(H,33,34). The number of carbonyl (C=O) groups is 1. The molecule has 1 aliphatic carbocycles. The predicted octanol–water partition coefficient (Wildman–Crippen LogP) is 7.97. The molecule has 0 aliphatic heterocycles. The molecule has 3 aromatic carbocycles. The maximum absolute atomic E-state index is 13.6. The van der Waals surface area contributed by atoms with E-state index in [2.05, 4.69) is 17.4 Å². The van der Waals surface area contributed by atoms with Crippen molar-refractivity contribution in [2.24, 2.45) is 0 Å². The van der Waals surface area contributed by atoms with Crippen LogP contribution in [-0.2, 0) is 12.6 Å². The molecule has 3 nitrogen and oxygen atoms in total. The molecule has 3 aromatic rings. The molecule has 1 amide bonds. The summed E-state index contributed by atoms with van der Waals surface area (Å²) in [5.41, 5.74) is 2.13. The van der Waals surface area contributed by atoms with Gasteiger partial charge in [-0.1, -0.05) is 50.2 Å². The number of carbonyl (C=O) groups excluding carboxylic acids is 1. The van der Waals surface area contributed by atoms with Crippen molar-refractivity contribution in [2.45, 2.75) is 57.5 Å². The van der Waals surface area contributed by atoms with E-state index in [4.69, 9.17) is 4.74 Å². The number of ether oxygens (including phenoxy) is 1. The molecule has 35 heavy (non-hydrogen) atoms. The summed E-state index contributed by atoms with van der Waals surface area (Å²) in [6.45, 7) is 4.42. The molecule has 0 radical (unpaired) electrons. The molecule has 1 saturated carbocycles. The molecule has 0 saturated heterocycles. The van der Waals surface area contributed by atoms with E-state index in [1.807, 2.05) is 38.1 Å². The second kappa shape index (κ2) is 10.5. The summed E-state index contributed by atoms with van der Waals surface area (Å²) < 4.78 is 46.7. The summed E-state index contributed by atoms with van der Waals surface area (Å²) in [5, 5.41) is 2.54. The van der Waals surface area contributed by atoms with Crippen LogP contribution in [0.2, 0.25) is 0 Å². The van der Waals surface area contributed by atoms with Gasteiger partial charge in [-0.25, -0.2) is 0 Å². The van der Waals surface area contributed by atoms with E-state index in [0.717, 1.165) is 42.9 Å². The Morgan fingerprint density at radius 2 is 1.77 bits per heavy atom. The lowest BCUT2D eigenvalue weighted by Gasteiger charge is -2.18. The van der Waals surface area contributed by atoms with Crippen LogP contribution < -0.4 is 10.1 Å². The van der Waals surface area contributed by atoms with E-state index >= 15 is 0 Å². The van der Waals surface area contributed by atoms with Crippen LogP contribution in [-0.4, -0.2) is 12.5 Å². The molecular weight excluding hydrogens is 451 g/mol. The molecule has 0 unspecified atom stereocenters. The number of halogens is 3. The Labute approximate surface area is 204 Å². The first-order valence-corrected chi connectivity index (χ1v) is 12.1. The molecule has 6 heteroatoms. The Morgan fingerprint density at radius 1 is 1.03 bits per heavy atom. The van der Waals surface area contributed by atoms with Crippen molar-refractivity contribution in [3.8, 4) is 5.75 Å². The minimum absolute atomic E-state index is 0.0106. The fraction of sp³-hybridized carbons (Fsp3) is 0.345. The number of amides is 1. The number of anilines is 1. The van der Waals surface area contributed by atoms with Gasteiger partial charge in [0.25, 0.3) is 5.91 Å². The maximum Gasteiger partial charge on any atom is 0.418 e. The number of aryl methyl sites for hydroxylation is 1. The van der Waals surface area contributed by atoms with Crippen molar-refractivity contribution < 1.29 is 22.7 Å². The topological polar surface area (TPSA) is 38.3 Å². The molecule has 1 N–H and O–H groups in total. The summed E-state index contributed by atoms with van der Waals surface area (Å²) in [6, 6.07) is 19.4. The second-order valence-corrected chi connectivity index (χ2v) is 9.37. The first-order valence-electron chi connectivity index (χ1n) is 12.1. The van der Waals surface area contributed by atoms with Crippen LogP contribution in [0.3, 0.4) is 0 Å². The van der Waals surface area contributed by atoms with Crippen molar-refractivity contribution in [1.29, 1.82) is 0 Å². The average molecular weight is 482 g/mol. The minimum atomic E-state index is -4.55. The highest BCUT2D eigenvalue weighted by Crippen LogP contribution is 2.43. The van der Waals surface area contributed by atoms with Crippen molar-refractivity contribution in [3.05, 3.63) is 94.5 Å². The highest BCUT2D eigenvalue weighted by atomic mass is 19.4. The van der Waals surface area contributed by atoms with Gasteiger partial charge in [0.2, 0.25) is 0 Å². The van der Waals surface area contributed by atoms with E-state index in [9.17, 15) is 18.0 Å². The van der Waals surface area contributed by atoms with Gasteiger partial charge >= 0.3 is 6.18 Å². The smallest absolute Gasteiger partial charge is 0.418 e. The monoisotopic (exact) mass is 481 g/mol. The molecule has 1 fully saturated rings. The Bertz CT molecular complexity index is 1170. The molecule has 1 aliphatic rings. The van der Waals surface area contributed by atoms with E-state index in [-0.39, 0.29) is 17.5 Å². The predicted molar refractivity (Wildman–Crippen MR) is 132 cm³/mol. The van der Waals surface area contributed by atoms with Gasteiger partial charge in [0, 0.05) is 5.56 Å². The van der Waals surface area contributed by atoms with Crippen molar-refractivity contribution in [3.63, 3.8) is 0 Å². The van der Waals surface area contributed by atoms with Gasteiger partial charge in [-0.05, 0) is 84.5 Å². The van der Waals surface area contributed by atoms with E-state index in [0.29, 0.717) is 17.9 Å². The molecule has 0 spiro atoms. The number of benzene rings is 3. The van der Waals surface area contributed by atoms with Crippen LogP contribution in [0.25, 0.3) is 0 Å².